The highest BCUT2D eigenvalue weighted by molar-refractivity contribution is 5.76. The SMILES string of the molecule is CCCCCCCC(CC(=O)NCc1ccccc1)O[C@@H]1O[C@@H](C)[C@H](O)[C@@H](O)[C@H]1O. The van der Waals surface area contributed by atoms with Crippen molar-refractivity contribution < 1.29 is 29.6 Å². The molecule has 170 valence electrons. The maximum atomic E-state index is 12.5. The fourth-order valence-electron chi connectivity index (χ4n) is 3.58. The third-order valence-corrected chi connectivity index (χ3v) is 5.51. The van der Waals surface area contributed by atoms with Crippen molar-refractivity contribution in [3.8, 4) is 0 Å². The number of hydrogen-bond donors (Lipinski definition) is 4. The van der Waals surface area contributed by atoms with Gasteiger partial charge in [-0.1, -0.05) is 69.4 Å². The zero-order valence-corrected chi connectivity index (χ0v) is 18.1. The minimum absolute atomic E-state index is 0.139. The van der Waals surface area contributed by atoms with Gasteiger partial charge in [0.2, 0.25) is 5.91 Å². The second-order valence-electron chi connectivity index (χ2n) is 8.11. The molecule has 1 fully saturated rings. The first-order chi connectivity index (χ1) is 14.4. The molecule has 1 aromatic carbocycles. The molecule has 7 nitrogen and oxygen atoms in total. The normalized spacial score (nSPS) is 27.6. The molecule has 1 aliphatic rings. The lowest BCUT2D eigenvalue weighted by Gasteiger charge is -2.40. The van der Waals surface area contributed by atoms with E-state index in [-0.39, 0.29) is 12.3 Å². The van der Waals surface area contributed by atoms with Gasteiger partial charge in [-0.25, -0.2) is 0 Å². The van der Waals surface area contributed by atoms with Gasteiger partial charge in [-0.15, -0.1) is 0 Å². The van der Waals surface area contributed by atoms with Gasteiger partial charge < -0.3 is 30.1 Å². The molecule has 0 aliphatic carbocycles. The fourth-order valence-corrected chi connectivity index (χ4v) is 3.58. The van der Waals surface area contributed by atoms with Crippen molar-refractivity contribution in [1.29, 1.82) is 0 Å². The van der Waals surface area contributed by atoms with Crippen LogP contribution in [0.5, 0.6) is 0 Å². The Morgan fingerprint density at radius 1 is 1.07 bits per heavy atom. The molecule has 0 radical (unpaired) electrons. The Labute approximate surface area is 179 Å². The molecule has 4 N–H and O–H groups in total. The summed E-state index contributed by atoms with van der Waals surface area (Å²) in [6.07, 6.45) is 0.102. The number of benzene rings is 1. The highest BCUT2D eigenvalue weighted by atomic mass is 16.7. The fraction of sp³-hybridized carbons (Fsp3) is 0.696. The van der Waals surface area contributed by atoms with E-state index in [4.69, 9.17) is 9.47 Å². The van der Waals surface area contributed by atoms with Gasteiger partial charge >= 0.3 is 0 Å². The number of ether oxygens (including phenoxy) is 2. The summed E-state index contributed by atoms with van der Waals surface area (Å²) in [5.74, 6) is -0.142. The second-order valence-corrected chi connectivity index (χ2v) is 8.11. The molecule has 1 aliphatic heterocycles. The van der Waals surface area contributed by atoms with Gasteiger partial charge in [0.05, 0.1) is 18.6 Å². The van der Waals surface area contributed by atoms with Gasteiger partial charge in [-0.2, -0.15) is 0 Å². The molecule has 7 heteroatoms. The van der Waals surface area contributed by atoms with Crippen LogP contribution in [0.15, 0.2) is 30.3 Å². The van der Waals surface area contributed by atoms with E-state index in [0.717, 1.165) is 31.2 Å². The van der Waals surface area contributed by atoms with Gasteiger partial charge in [-0.3, -0.25) is 4.79 Å². The highest BCUT2D eigenvalue weighted by Crippen LogP contribution is 2.25. The van der Waals surface area contributed by atoms with E-state index >= 15 is 0 Å². The molecule has 1 saturated heterocycles. The molecule has 30 heavy (non-hydrogen) atoms. The number of nitrogens with one attached hydrogen (secondary N) is 1. The summed E-state index contributed by atoms with van der Waals surface area (Å²) in [4.78, 5) is 12.5. The molecule has 0 saturated carbocycles. The number of rotatable bonds is 12. The summed E-state index contributed by atoms with van der Waals surface area (Å²) in [5.41, 5.74) is 1.01. The van der Waals surface area contributed by atoms with Crippen molar-refractivity contribution in [2.24, 2.45) is 0 Å². The summed E-state index contributed by atoms with van der Waals surface area (Å²) >= 11 is 0. The molecule has 1 unspecified atom stereocenters. The Balaban J connectivity index is 1.91. The molecule has 0 bridgehead atoms. The van der Waals surface area contributed by atoms with E-state index in [2.05, 4.69) is 12.2 Å². The molecule has 6 atom stereocenters. The topological polar surface area (TPSA) is 108 Å². The molecule has 0 spiro atoms. The van der Waals surface area contributed by atoms with E-state index in [1.807, 2.05) is 30.3 Å². The Bertz CT molecular complexity index is 613. The van der Waals surface area contributed by atoms with Crippen molar-refractivity contribution in [1.82, 2.24) is 5.32 Å². The number of amides is 1. The van der Waals surface area contributed by atoms with Crippen LogP contribution >= 0.6 is 0 Å². The monoisotopic (exact) mass is 423 g/mol. The Morgan fingerprint density at radius 2 is 1.77 bits per heavy atom. The molecule has 2 rings (SSSR count). The number of aliphatic hydroxyl groups excluding tert-OH is 3. The van der Waals surface area contributed by atoms with E-state index in [1.165, 1.54) is 6.42 Å². The van der Waals surface area contributed by atoms with Crippen molar-refractivity contribution in [3.63, 3.8) is 0 Å². The number of carbonyl (C=O) groups excluding carboxylic acids is 1. The van der Waals surface area contributed by atoms with Crippen LogP contribution in [0.1, 0.15) is 64.4 Å². The van der Waals surface area contributed by atoms with Crippen molar-refractivity contribution in [3.05, 3.63) is 35.9 Å². The van der Waals surface area contributed by atoms with Gasteiger partial charge in [0, 0.05) is 6.54 Å². The van der Waals surface area contributed by atoms with Crippen LogP contribution in [0.2, 0.25) is 0 Å². The van der Waals surface area contributed by atoms with Gasteiger partial charge in [0.25, 0.3) is 0 Å². The number of carbonyl (C=O) groups is 1. The summed E-state index contributed by atoms with van der Waals surface area (Å²) in [7, 11) is 0. The predicted molar refractivity (Wildman–Crippen MR) is 114 cm³/mol. The summed E-state index contributed by atoms with van der Waals surface area (Å²) in [6, 6.07) is 9.67. The largest absolute Gasteiger partial charge is 0.388 e. The molecule has 1 amide bonds. The van der Waals surface area contributed by atoms with Crippen LogP contribution in [0.4, 0.5) is 0 Å². The zero-order chi connectivity index (χ0) is 21.9. The smallest absolute Gasteiger partial charge is 0.222 e. The molecule has 1 heterocycles. The Hall–Kier alpha value is -1.51. The molecule has 1 aromatic rings. The maximum absolute atomic E-state index is 12.5. The lowest BCUT2D eigenvalue weighted by atomic mass is 9.99. The van der Waals surface area contributed by atoms with Gasteiger partial charge in [0.1, 0.15) is 18.3 Å². The third kappa shape index (κ3) is 7.96. The van der Waals surface area contributed by atoms with E-state index in [9.17, 15) is 20.1 Å². The number of hydrogen-bond acceptors (Lipinski definition) is 6. The van der Waals surface area contributed by atoms with E-state index < -0.39 is 36.8 Å². The average Bonchev–Trinajstić information content (AvgIpc) is 2.75. The lowest BCUT2D eigenvalue weighted by molar-refractivity contribution is -0.304. The van der Waals surface area contributed by atoms with Crippen molar-refractivity contribution in [2.45, 2.75) is 102 Å². The van der Waals surface area contributed by atoms with Gasteiger partial charge in [0.15, 0.2) is 6.29 Å². The molecular weight excluding hydrogens is 386 g/mol. The van der Waals surface area contributed by atoms with Crippen LogP contribution in [-0.2, 0) is 20.8 Å². The van der Waals surface area contributed by atoms with Crippen molar-refractivity contribution in [2.75, 3.05) is 0 Å². The first kappa shape index (κ1) is 24.8. The predicted octanol–water partition coefficient (Wildman–Crippen LogP) is 2.27. The quantitative estimate of drug-likeness (QED) is 0.384. The minimum Gasteiger partial charge on any atom is -0.388 e. The maximum Gasteiger partial charge on any atom is 0.222 e. The standard InChI is InChI=1S/C23H37NO6/c1-3-4-5-6-10-13-18(14-19(25)24-15-17-11-8-7-9-12-17)30-23-22(28)21(27)20(26)16(2)29-23/h7-9,11-12,16,18,20-23,26-28H,3-6,10,13-15H2,1-2H3,(H,24,25)/t16-,18?,20-,21+,22+,23-/m0/s1. The first-order valence-corrected chi connectivity index (χ1v) is 11.1. The Kier molecular flexibility index (Phi) is 10.7. The van der Waals surface area contributed by atoms with Crippen molar-refractivity contribution >= 4 is 5.91 Å². The number of unbranched alkanes of at least 4 members (excludes halogenated alkanes) is 4. The Morgan fingerprint density at radius 3 is 2.47 bits per heavy atom. The summed E-state index contributed by atoms with van der Waals surface area (Å²) in [6.45, 7) is 4.21. The van der Waals surface area contributed by atoms with Crippen LogP contribution in [0.3, 0.4) is 0 Å². The minimum atomic E-state index is -1.37. The van der Waals surface area contributed by atoms with Gasteiger partial charge in [-0.05, 0) is 18.9 Å². The zero-order valence-electron chi connectivity index (χ0n) is 18.1. The van der Waals surface area contributed by atoms with E-state index in [0.29, 0.717) is 13.0 Å². The van der Waals surface area contributed by atoms with Crippen LogP contribution in [0, 0.1) is 0 Å². The highest BCUT2D eigenvalue weighted by Gasteiger charge is 2.43. The molecular formula is C23H37NO6. The summed E-state index contributed by atoms with van der Waals surface area (Å²) < 4.78 is 11.5. The summed E-state index contributed by atoms with van der Waals surface area (Å²) in [5, 5.41) is 33.0. The first-order valence-electron chi connectivity index (χ1n) is 11.1. The van der Waals surface area contributed by atoms with Crippen LogP contribution in [-0.4, -0.2) is 58.0 Å². The third-order valence-electron chi connectivity index (χ3n) is 5.51. The number of aliphatic hydroxyl groups is 3. The second kappa shape index (κ2) is 13.0. The van der Waals surface area contributed by atoms with Crippen LogP contribution in [0.25, 0.3) is 0 Å². The van der Waals surface area contributed by atoms with Crippen LogP contribution < -0.4 is 5.32 Å². The average molecular weight is 424 g/mol. The lowest BCUT2D eigenvalue weighted by Crippen LogP contribution is -2.58. The molecule has 0 aromatic heterocycles. The van der Waals surface area contributed by atoms with E-state index in [1.54, 1.807) is 6.92 Å².